The summed E-state index contributed by atoms with van der Waals surface area (Å²) in [5.74, 6) is 3.22. The molecule has 7 heteroatoms. The molecule has 0 aliphatic carbocycles. The monoisotopic (exact) mass is 400 g/mol. The fraction of sp³-hybridized carbons (Fsp3) is 0.143. The Morgan fingerprint density at radius 2 is 0.679 bits per heavy atom. The number of methoxy groups -OCH3 is 3. The quantitative estimate of drug-likeness (QED) is 0.444. The van der Waals surface area contributed by atoms with Gasteiger partial charge in [0.2, 0.25) is 0 Å². The van der Waals surface area contributed by atoms with Crippen LogP contribution in [0.25, 0.3) is 0 Å². The summed E-state index contributed by atoms with van der Waals surface area (Å²) in [5.41, 5.74) is 0. The van der Waals surface area contributed by atoms with Crippen LogP contribution in [0.3, 0.4) is 0 Å². The van der Waals surface area contributed by atoms with Gasteiger partial charge >= 0.3 is 8.60 Å². The SMILES string of the molecule is COc1ccccc1OP(Oc1ccccc1OC)Oc1ccccc1OC. The van der Waals surface area contributed by atoms with E-state index in [1.807, 2.05) is 36.4 Å². The maximum absolute atomic E-state index is 6.03. The van der Waals surface area contributed by atoms with E-state index in [4.69, 9.17) is 27.8 Å². The van der Waals surface area contributed by atoms with Crippen LogP contribution in [0, 0.1) is 0 Å². The first kappa shape index (κ1) is 19.6. The molecule has 0 atom stereocenters. The van der Waals surface area contributed by atoms with E-state index in [1.54, 1.807) is 57.7 Å². The van der Waals surface area contributed by atoms with E-state index in [9.17, 15) is 0 Å². The molecule has 0 aliphatic rings. The summed E-state index contributed by atoms with van der Waals surface area (Å²) < 4.78 is 34.2. The van der Waals surface area contributed by atoms with Gasteiger partial charge in [0.25, 0.3) is 0 Å². The number of hydrogen-bond acceptors (Lipinski definition) is 6. The molecular weight excluding hydrogens is 379 g/mol. The smallest absolute Gasteiger partial charge is 0.493 e. The number of rotatable bonds is 9. The van der Waals surface area contributed by atoms with Gasteiger partial charge in [-0.2, -0.15) is 0 Å². The zero-order valence-corrected chi connectivity index (χ0v) is 16.7. The highest BCUT2D eigenvalue weighted by Gasteiger charge is 2.24. The van der Waals surface area contributed by atoms with Crippen molar-refractivity contribution < 1.29 is 27.8 Å². The van der Waals surface area contributed by atoms with Crippen molar-refractivity contribution in [1.82, 2.24) is 0 Å². The Morgan fingerprint density at radius 3 is 0.929 bits per heavy atom. The highest BCUT2D eigenvalue weighted by atomic mass is 31.2. The van der Waals surface area contributed by atoms with Crippen LogP contribution in [0.4, 0.5) is 0 Å². The van der Waals surface area contributed by atoms with Crippen molar-refractivity contribution >= 4 is 8.60 Å². The van der Waals surface area contributed by atoms with Gasteiger partial charge in [-0.1, -0.05) is 36.4 Å². The molecule has 0 heterocycles. The summed E-state index contributed by atoms with van der Waals surface area (Å²) in [6.45, 7) is 0. The molecule has 3 aromatic rings. The average molecular weight is 400 g/mol. The van der Waals surface area contributed by atoms with Gasteiger partial charge in [-0.25, -0.2) is 0 Å². The van der Waals surface area contributed by atoms with Crippen molar-refractivity contribution in [2.75, 3.05) is 21.3 Å². The largest absolute Gasteiger partial charge is 0.530 e. The molecule has 0 N–H and O–H groups in total. The summed E-state index contributed by atoms with van der Waals surface area (Å²) in [4.78, 5) is 0. The van der Waals surface area contributed by atoms with E-state index in [1.165, 1.54) is 0 Å². The molecule has 0 saturated heterocycles. The molecule has 0 saturated carbocycles. The molecule has 0 fully saturated rings. The lowest BCUT2D eigenvalue weighted by Crippen LogP contribution is -2.04. The number of hydrogen-bond donors (Lipinski definition) is 0. The Kier molecular flexibility index (Phi) is 6.82. The van der Waals surface area contributed by atoms with Gasteiger partial charge in [-0.05, 0) is 36.4 Å². The summed E-state index contributed by atoms with van der Waals surface area (Å²) in [6, 6.07) is 21.9. The molecule has 3 rings (SSSR count). The second-order valence-corrected chi connectivity index (χ2v) is 6.44. The summed E-state index contributed by atoms with van der Waals surface area (Å²) in [6.07, 6.45) is 0. The van der Waals surface area contributed by atoms with Crippen molar-refractivity contribution in [3.8, 4) is 34.5 Å². The lowest BCUT2D eigenvalue weighted by atomic mass is 10.3. The molecule has 28 heavy (non-hydrogen) atoms. The fourth-order valence-corrected chi connectivity index (χ4v) is 3.43. The zero-order valence-electron chi connectivity index (χ0n) is 15.8. The predicted octanol–water partition coefficient (Wildman–Crippen LogP) is 5.48. The van der Waals surface area contributed by atoms with Crippen molar-refractivity contribution in [2.45, 2.75) is 0 Å². The molecule has 0 spiro atoms. The summed E-state index contributed by atoms with van der Waals surface area (Å²) in [5, 5.41) is 0. The molecule has 0 aliphatic heterocycles. The Labute approximate surface area is 165 Å². The van der Waals surface area contributed by atoms with Crippen molar-refractivity contribution in [2.24, 2.45) is 0 Å². The van der Waals surface area contributed by atoms with Crippen LogP contribution in [0.15, 0.2) is 72.8 Å². The standard InChI is InChI=1S/C21H21O6P/c1-22-16-10-4-7-13-19(16)25-28(26-20-14-8-5-11-17(20)23-2)27-21-15-9-6-12-18(21)24-3/h4-15H,1-3H3. The van der Waals surface area contributed by atoms with Gasteiger partial charge in [0.1, 0.15) is 0 Å². The molecule has 0 aromatic heterocycles. The minimum atomic E-state index is -1.90. The zero-order chi connectivity index (χ0) is 19.8. The first-order valence-electron chi connectivity index (χ1n) is 8.48. The van der Waals surface area contributed by atoms with Crippen LogP contribution in [0.2, 0.25) is 0 Å². The second-order valence-electron chi connectivity index (χ2n) is 5.45. The Morgan fingerprint density at radius 1 is 0.429 bits per heavy atom. The normalized spacial score (nSPS) is 10.3. The molecule has 146 valence electrons. The maximum Gasteiger partial charge on any atom is 0.530 e. The number of ether oxygens (including phenoxy) is 3. The third-order valence-electron chi connectivity index (χ3n) is 3.73. The molecule has 0 radical (unpaired) electrons. The predicted molar refractivity (Wildman–Crippen MR) is 108 cm³/mol. The number of benzene rings is 3. The van der Waals surface area contributed by atoms with Crippen LogP contribution in [0.5, 0.6) is 34.5 Å². The van der Waals surface area contributed by atoms with Gasteiger partial charge in [0.15, 0.2) is 34.5 Å². The third kappa shape index (κ3) is 4.78. The van der Waals surface area contributed by atoms with Crippen LogP contribution < -0.4 is 27.8 Å². The van der Waals surface area contributed by atoms with Crippen molar-refractivity contribution in [1.29, 1.82) is 0 Å². The Balaban J connectivity index is 1.91. The molecule has 3 aromatic carbocycles. The first-order valence-corrected chi connectivity index (χ1v) is 9.57. The Bertz CT molecular complexity index is 784. The third-order valence-corrected chi connectivity index (χ3v) is 4.76. The lowest BCUT2D eigenvalue weighted by Gasteiger charge is -2.20. The van der Waals surface area contributed by atoms with E-state index in [0.717, 1.165) is 0 Å². The van der Waals surface area contributed by atoms with Gasteiger partial charge in [-0.3, -0.25) is 0 Å². The second kappa shape index (κ2) is 9.72. The van der Waals surface area contributed by atoms with Gasteiger partial charge in [0, 0.05) is 0 Å². The molecule has 0 bridgehead atoms. The molecule has 0 unspecified atom stereocenters. The topological polar surface area (TPSA) is 55.4 Å². The number of para-hydroxylation sites is 6. The lowest BCUT2D eigenvalue weighted by molar-refractivity contribution is 0.338. The van der Waals surface area contributed by atoms with E-state index in [-0.39, 0.29) is 0 Å². The van der Waals surface area contributed by atoms with Gasteiger partial charge < -0.3 is 27.8 Å². The molecule has 6 nitrogen and oxygen atoms in total. The van der Waals surface area contributed by atoms with Gasteiger partial charge in [0.05, 0.1) is 21.3 Å². The van der Waals surface area contributed by atoms with Crippen molar-refractivity contribution in [3.05, 3.63) is 72.8 Å². The van der Waals surface area contributed by atoms with Crippen LogP contribution in [-0.2, 0) is 0 Å². The van der Waals surface area contributed by atoms with E-state index >= 15 is 0 Å². The van der Waals surface area contributed by atoms with Crippen LogP contribution in [0.1, 0.15) is 0 Å². The van der Waals surface area contributed by atoms with Gasteiger partial charge in [-0.15, -0.1) is 0 Å². The fourth-order valence-electron chi connectivity index (χ4n) is 2.38. The average Bonchev–Trinajstić information content (AvgIpc) is 2.75. The van der Waals surface area contributed by atoms with E-state index in [0.29, 0.717) is 34.5 Å². The Hall–Kier alpha value is -3.11. The van der Waals surface area contributed by atoms with E-state index < -0.39 is 8.60 Å². The minimum Gasteiger partial charge on any atom is -0.493 e. The first-order chi connectivity index (χ1) is 13.7. The maximum atomic E-state index is 6.03. The van der Waals surface area contributed by atoms with E-state index in [2.05, 4.69) is 0 Å². The van der Waals surface area contributed by atoms with Crippen LogP contribution >= 0.6 is 8.60 Å². The highest BCUT2D eigenvalue weighted by Crippen LogP contribution is 2.48. The van der Waals surface area contributed by atoms with Crippen LogP contribution in [-0.4, -0.2) is 21.3 Å². The van der Waals surface area contributed by atoms with Crippen molar-refractivity contribution in [3.63, 3.8) is 0 Å². The summed E-state index contributed by atoms with van der Waals surface area (Å²) >= 11 is 0. The highest BCUT2D eigenvalue weighted by molar-refractivity contribution is 7.43. The minimum absolute atomic E-state index is 0.501. The molecule has 0 amide bonds. The molecular formula is C21H21O6P. The summed E-state index contributed by atoms with van der Waals surface area (Å²) in [7, 11) is 2.83.